The van der Waals surface area contributed by atoms with Gasteiger partial charge in [0, 0.05) is 23.4 Å². The molecule has 0 aromatic heterocycles. The fourth-order valence-electron chi connectivity index (χ4n) is 3.19. The maximum atomic E-state index is 13.2. The lowest BCUT2D eigenvalue weighted by atomic mass is 10.1. The number of nitrogens with zero attached hydrogens (tertiary/aromatic N) is 1. The molecule has 0 bridgehead atoms. The molecule has 0 fully saturated rings. The van der Waals surface area contributed by atoms with Crippen LogP contribution in [0.25, 0.3) is 0 Å². The second-order valence-electron chi connectivity index (χ2n) is 7.65. The molecule has 0 heterocycles. The first-order chi connectivity index (χ1) is 14.3. The van der Waals surface area contributed by atoms with E-state index in [-0.39, 0.29) is 17.9 Å². The van der Waals surface area contributed by atoms with Gasteiger partial charge in [0.15, 0.2) is 0 Å². The van der Waals surface area contributed by atoms with Gasteiger partial charge in [-0.05, 0) is 56.0 Å². The van der Waals surface area contributed by atoms with Crippen LogP contribution in [0.1, 0.15) is 43.9 Å². The highest BCUT2D eigenvalue weighted by atomic mass is 35.5. The van der Waals surface area contributed by atoms with Crippen molar-refractivity contribution in [3.8, 4) is 0 Å². The minimum Gasteiger partial charge on any atom is -0.352 e. The van der Waals surface area contributed by atoms with E-state index in [1.807, 2.05) is 76.2 Å². The van der Waals surface area contributed by atoms with Crippen molar-refractivity contribution in [2.75, 3.05) is 5.75 Å². The molecule has 0 aliphatic heterocycles. The van der Waals surface area contributed by atoms with Gasteiger partial charge in [-0.1, -0.05) is 54.9 Å². The van der Waals surface area contributed by atoms with Crippen LogP contribution in [0.5, 0.6) is 0 Å². The molecular formula is C24H31ClN2O2S. The fourth-order valence-corrected chi connectivity index (χ4v) is 4.19. The van der Waals surface area contributed by atoms with Gasteiger partial charge in [0.25, 0.3) is 0 Å². The van der Waals surface area contributed by atoms with E-state index in [1.165, 1.54) is 0 Å². The van der Waals surface area contributed by atoms with Crippen molar-refractivity contribution in [2.24, 2.45) is 0 Å². The Morgan fingerprint density at radius 3 is 2.37 bits per heavy atom. The number of benzene rings is 2. The minimum absolute atomic E-state index is 0.0250. The average Bonchev–Trinajstić information content (AvgIpc) is 2.70. The molecule has 2 rings (SSSR count). The number of hydrogen-bond acceptors (Lipinski definition) is 3. The number of rotatable bonds is 10. The van der Waals surface area contributed by atoms with Gasteiger partial charge in [-0.15, -0.1) is 11.8 Å². The summed E-state index contributed by atoms with van der Waals surface area (Å²) in [5, 5.41) is 3.66. The maximum Gasteiger partial charge on any atom is 0.243 e. The molecule has 1 N–H and O–H groups in total. The Balaban J connectivity index is 2.13. The molecule has 0 spiro atoms. The summed E-state index contributed by atoms with van der Waals surface area (Å²) in [6.07, 6.45) is 0.567. The quantitative estimate of drug-likeness (QED) is 0.544. The summed E-state index contributed by atoms with van der Waals surface area (Å²) in [4.78, 5) is 27.7. The van der Waals surface area contributed by atoms with Crippen LogP contribution >= 0.6 is 23.4 Å². The number of carbonyl (C=O) groups is 2. The number of thioether (sulfide) groups is 1. The summed E-state index contributed by atoms with van der Waals surface area (Å²) < 4.78 is 0. The first-order valence-electron chi connectivity index (χ1n) is 10.3. The number of amides is 2. The second kappa shape index (κ2) is 12.0. The largest absolute Gasteiger partial charge is 0.352 e. The zero-order valence-electron chi connectivity index (χ0n) is 18.2. The Morgan fingerprint density at radius 1 is 1.10 bits per heavy atom. The van der Waals surface area contributed by atoms with Crippen molar-refractivity contribution in [1.29, 1.82) is 0 Å². The van der Waals surface area contributed by atoms with E-state index in [2.05, 4.69) is 5.32 Å². The highest BCUT2D eigenvalue weighted by molar-refractivity contribution is 7.99. The lowest BCUT2D eigenvalue weighted by Crippen LogP contribution is -2.51. The van der Waals surface area contributed by atoms with Crippen molar-refractivity contribution in [2.45, 2.75) is 58.5 Å². The van der Waals surface area contributed by atoms with E-state index in [4.69, 9.17) is 11.6 Å². The third kappa shape index (κ3) is 7.37. The summed E-state index contributed by atoms with van der Waals surface area (Å²) in [5.74, 6) is 0.913. The molecule has 6 heteroatoms. The average molecular weight is 447 g/mol. The third-order valence-corrected chi connectivity index (χ3v) is 6.07. The van der Waals surface area contributed by atoms with Crippen LogP contribution in [0.3, 0.4) is 0 Å². The summed E-state index contributed by atoms with van der Waals surface area (Å²) >= 11 is 7.49. The minimum atomic E-state index is -0.490. The normalized spacial score (nSPS) is 11.9. The zero-order chi connectivity index (χ0) is 22.1. The number of aryl methyl sites for hydroxylation is 1. The Kier molecular flexibility index (Phi) is 9.73. The first-order valence-corrected chi connectivity index (χ1v) is 11.8. The lowest BCUT2D eigenvalue weighted by molar-refractivity contribution is -0.139. The van der Waals surface area contributed by atoms with E-state index >= 15 is 0 Å². The summed E-state index contributed by atoms with van der Waals surface area (Å²) in [6.45, 7) is 8.27. The number of nitrogens with one attached hydrogen (secondary N) is 1. The van der Waals surface area contributed by atoms with Gasteiger partial charge < -0.3 is 10.2 Å². The predicted molar refractivity (Wildman–Crippen MR) is 127 cm³/mol. The van der Waals surface area contributed by atoms with Gasteiger partial charge in [0.05, 0.1) is 5.75 Å². The summed E-state index contributed by atoms with van der Waals surface area (Å²) in [5.41, 5.74) is 3.29. The molecular weight excluding hydrogens is 416 g/mol. The molecule has 30 heavy (non-hydrogen) atoms. The second-order valence-corrected chi connectivity index (χ2v) is 9.08. The van der Waals surface area contributed by atoms with Gasteiger partial charge in [0.2, 0.25) is 11.8 Å². The van der Waals surface area contributed by atoms with Gasteiger partial charge in [0.1, 0.15) is 6.04 Å². The highest BCUT2D eigenvalue weighted by Crippen LogP contribution is 2.19. The van der Waals surface area contributed by atoms with Gasteiger partial charge in [-0.3, -0.25) is 9.59 Å². The third-order valence-electron chi connectivity index (χ3n) is 4.83. The fraction of sp³-hybridized carbons (Fsp3) is 0.417. The Bertz CT molecular complexity index is 839. The summed E-state index contributed by atoms with van der Waals surface area (Å²) in [7, 11) is 0. The molecule has 0 aliphatic carbocycles. The number of hydrogen-bond donors (Lipinski definition) is 1. The monoisotopic (exact) mass is 446 g/mol. The van der Waals surface area contributed by atoms with E-state index in [0.29, 0.717) is 23.7 Å². The van der Waals surface area contributed by atoms with Gasteiger partial charge in [-0.2, -0.15) is 0 Å². The van der Waals surface area contributed by atoms with Crippen molar-refractivity contribution in [1.82, 2.24) is 10.2 Å². The first kappa shape index (κ1) is 24.3. The highest BCUT2D eigenvalue weighted by Gasteiger charge is 2.29. The molecule has 1 atom stereocenters. The standard InChI is InChI=1S/C24H31ClN2O2S/c1-5-22(24(29)26-17(2)3)27(14-20-9-7-6-8-18(20)4)23(28)16-30-15-19-10-12-21(25)13-11-19/h6-13,17,22H,5,14-16H2,1-4H3,(H,26,29)/t22-/m0/s1. The number of halogens is 1. The van der Waals surface area contributed by atoms with E-state index in [1.54, 1.807) is 16.7 Å². The SMILES string of the molecule is CC[C@@H](C(=O)NC(C)C)N(Cc1ccccc1C)C(=O)CSCc1ccc(Cl)cc1. The van der Waals surface area contributed by atoms with Crippen LogP contribution in [0, 0.1) is 6.92 Å². The van der Waals surface area contributed by atoms with Crippen LogP contribution in [0.15, 0.2) is 48.5 Å². The van der Waals surface area contributed by atoms with Crippen molar-refractivity contribution >= 4 is 35.2 Å². The Hall–Kier alpha value is -1.98. The Labute approximate surface area is 189 Å². The Morgan fingerprint density at radius 2 is 1.77 bits per heavy atom. The lowest BCUT2D eigenvalue weighted by Gasteiger charge is -2.31. The summed E-state index contributed by atoms with van der Waals surface area (Å²) in [6, 6.07) is 15.2. The molecule has 4 nitrogen and oxygen atoms in total. The topological polar surface area (TPSA) is 49.4 Å². The maximum absolute atomic E-state index is 13.2. The smallest absolute Gasteiger partial charge is 0.243 e. The zero-order valence-corrected chi connectivity index (χ0v) is 19.7. The molecule has 0 unspecified atom stereocenters. The van der Waals surface area contributed by atoms with Gasteiger partial charge in [-0.25, -0.2) is 0 Å². The van der Waals surface area contributed by atoms with Crippen LogP contribution in [0.4, 0.5) is 0 Å². The molecule has 0 aliphatic rings. The molecule has 2 aromatic carbocycles. The van der Waals surface area contributed by atoms with Crippen LogP contribution in [0.2, 0.25) is 5.02 Å². The molecule has 0 saturated heterocycles. The van der Waals surface area contributed by atoms with Crippen molar-refractivity contribution in [3.05, 3.63) is 70.2 Å². The molecule has 0 radical (unpaired) electrons. The molecule has 162 valence electrons. The van der Waals surface area contributed by atoms with Crippen LogP contribution in [-0.4, -0.2) is 34.6 Å². The molecule has 2 aromatic rings. The van der Waals surface area contributed by atoms with E-state index in [9.17, 15) is 9.59 Å². The predicted octanol–water partition coefficient (Wildman–Crippen LogP) is 5.21. The van der Waals surface area contributed by atoms with Crippen molar-refractivity contribution in [3.63, 3.8) is 0 Å². The van der Waals surface area contributed by atoms with Crippen LogP contribution in [-0.2, 0) is 21.9 Å². The van der Waals surface area contributed by atoms with E-state index in [0.717, 1.165) is 22.4 Å². The molecule has 0 saturated carbocycles. The van der Waals surface area contributed by atoms with Crippen molar-refractivity contribution < 1.29 is 9.59 Å². The van der Waals surface area contributed by atoms with Gasteiger partial charge >= 0.3 is 0 Å². The van der Waals surface area contributed by atoms with E-state index < -0.39 is 6.04 Å². The molecule has 2 amide bonds. The van der Waals surface area contributed by atoms with Crippen LogP contribution < -0.4 is 5.32 Å². The number of carbonyl (C=O) groups excluding carboxylic acids is 2.